The fraction of sp³-hybridized carbons (Fsp3) is 0.158. The molecule has 3 rings (SSSR count). The van der Waals surface area contributed by atoms with Crippen molar-refractivity contribution in [1.29, 1.82) is 0 Å². The number of halogens is 2. The molecule has 2 aromatic carbocycles. The Morgan fingerprint density at radius 1 is 1.21 bits per heavy atom. The minimum absolute atomic E-state index is 0.176. The monoisotopic (exact) mass is 403 g/mol. The number of aromatic nitrogens is 1. The highest BCUT2D eigenvalue weighted by molar-refractivity contribution is 9.10. The van der Waals surface area contributed by atoms with E-state index in [1.54, 1.807) is 0 Å². The van der Waals surface area contributed by atoms with Gasteiger partial charge in [-0.25, -0.2) is 0 Å². The molecule has 0 radical (unpaired) electrons. The van der Waals surface area contributed by atoms with Crippen molar-refractivity contribution < 1.29 is 9.53 Å². The van der Waals surface area contributed by atoms with Crippen molar-refractivity contribution in [2.75, 3.05) is 7.11 Å². The Morgan fingerprint density at radius 3 is 2.58 bits per heavy atom. The molecular formula is C19H15BrClNO2. The largest absolute Gasteiger partial charge is 0.469 e. The second kappa shape index (κ2) is 6.91. The Morgan fingerprint density at radius 2 is 1.92 bits per heavy atom. The van der Waals surface area contributed by atoms with Crippen molar-refractivity contribution in [3.63, 3.8) is 0 Å². The topological polar surface area (TPSA) is 39.2 Å². The summed E-state index contributed by atoms with van der Waals surface area (Å²) in [6.07, 6.45) is 0.176. The highest BCUT2D eigenvalue weighted by Gasteiger charge is 2.17. The lowest BCUT2D eigenvalue weighted by Gasteiger charge is -2.16. The van der Waals surface area contributed by atoms with Crippen LogP contribution in [0.15, 0.2) is 46.9 Å². The molecule has 0 saturated carbocycles. The molecule has 0 N–H and O–H groups in total. The van der Waals surface area contributed by atoms with Gasteiger partial charge in [0.2, 0.25) is 0 Å². The van der Waals surface area contributed by atoms with Crippen LogP contribution in [0.1, 0.15) is 11.3 Å². The summed E-state index contributed by atoms with van der Waals surface area (Å²) in [7, 11) is 1.39. The third-order valence-electron chi connectivity index (χ3n) is 3.94. The first-order chi connectivity index (χ1) is 11.5. The summed E-state index contributed by atoms with van der Waals surface area (Å²) in [5, 5.41) is 1.65. The van der Waals surface area contributed by atoms with E-state index in [-0.39, 0.29) is 12.4 Å². The van der Waals surface area contributed by atoms with Crippen LogP contribution in [0.3, 0.4) is 0 Å². The molecular weight excluding hydrogens is 390 g/mol. The quantitative estimate of drug-likeness (QED) is 0.553. The number of pyridine rings is 1. The van der Waals surface area contributed by atoms with E-state index in [1.807, 2.05) is 49.4 Å². The molecule has 3 nitrogen and oxygen atoms in total. The maximum Gasteiger partial charge on any atom is 0.310 e. The summed E-state index contributed by atoms with van der Waals surface area (Å²) in [5.41, 5.74) is 4.55. The maximum atomic E-state index is 11.9. The van der Waals surface area contributed by atoms with Crippen molar-refractivity contribution in [3.05, 3.63) is 63.2 Å². The molecule has 0 spiro atoms. The maximum absolute atomic E-state index is 11.9. The Kier molecular flexibility index (Phi) is 4.88. The molecule has 3 aromatic rings. The van der Waals surface area contributed by atoms with Gasteiger partial charge in [0.25, 0.3) is 0 Å². The molecule has 1 heterocycles. The van der Waals surface area contributed by atoms with Crippen molar-refractivity contribution in [2.24, 2.45) is 0 Å². The average Bonchev–Trinajstić information content (AvgIpc) is 2.57. The summed E-state index contributed by atoms with van der Waals surface area (Å²) in [6, 6.07) is 13.5. The number of methoxy groups -OCH3 is 1. The minimum atomic E-state index is -0.288. The van der Waals surface area contributed by atoms with Gasteiger partial charge in [0.1, 0.15) is 0 Å². The number of esters is 1. The first-order valence-corrected chi connectivity index (χ1v) is 8.58. The van der Waals surface area contributed by atoms with Crippen molar-refractivity contribution in [2.45, 2.75) is 13.3 Å². The zero-order chi connectivity index (χ0) is 17.3. The molecule has 0 fully saturated rings. The number of aryl methyl sites for hydroxylation is 1. The Balaban J connectivity index is 2.35. The summed E-state index contributed by atoms with van der Waals surface area (Å²) in [5.74, 6) is -0.288. The normalized spacial score (nSPS) is 10.8. The summed E-state index contributed by atoms with van der Waals surface area (Å²) < 4.78 is 5.82. The van der Waals surface area contributed by atoms with Gasteiger partial charge in [-0.2, -0.15) is 0 Å². The van der Waals surface area contributed by atoms with E-state index in [1.165, 1.54) is 7.11 Å². The van der Waals surface area contributed by atoms with Crippen LogP contribution in [0.25, 0.3) is 22.0 Å². The van der Waals surface area contributed by atoms with Crippen LogP contribution in [0.5, 0.6) is 0 Å². The predicted molar refractivity (Wildman–Crippen MR) is 100 cm³/mol. The lowest BCUT2D eigenvalue weighted by molar-refractivity contribution is -0.139. The first kappa shape index (κ1) is 16.9. The van der Waals surface area contributed by atoms with Gasteiger partial charge in [0.05, 0.1) is 19.0 Å². The van der Waals surface area contributed by atoms with Gasteiger partial charge in [0.15, 0.2) is 0 Å². The van der Waals surface area contributed by atoms with Crippen LogP contribution in [0.4, 0.5) is 0 Å². The van der Waals surface area contributed by atoms with E-state index in [0.717, 1.165) is 37.8 Å². The first-order valence-electron chi connectivity index (χ1n) is 7.41. The zero-order valence-electron chi connectivity index (χ0n) is 13.3. The molecule has 5 heteroatoms. The second-order valence-electron chi connectivity index (χ2n) is 5.47. The van der Waals surface area contributed by atoms with Crippen LogP contribution in [0, 0.1) is 6.92 Å². The third kappa shape index (κ3) is 3.30. The molecule has 0 aliphatic heterocycles. The number of fused-ring (bicyclic) bond motifs is 1. The fourth-order valence-corrected chi connectivity index (χ4v) is 3.26. The van der Waals surface area contributed by atoms with Crippen molar-refractivity contribution in [1.82, 2.24) is 4.98 Å². The van der Waals surface area contributed by atoms with E-state index in [9.17, 15) is 4.79 Å². The number of benzene rings is 2. The lowest BCUT2D eigenvalue weighted by atomic mass is 9.93. The Hall–Kier alpha value is -1.91. The number of carbonyl (C=O) groups excluding carboxylic acids is 1. The van der Waals surface area contributed by atoms with Gasteiger partial charge in [-0.3, -0.25) is 9.78 Å². The standard InChI is InChI=1S/C19H15BrClNO2/c1-11-15(10-18(23)24-2)19(12-3-6-14(21)7-4-12)16-9-13(20)5-8-17(16)22-11/h3-9H,10H2,1-2H3. The molecule has 0 amide bonds. The summed E-state index contributed by atoms with van der Waals surface area (Å²) >= 11 is 9.54. The number of carbonyl (C=O) groups is 1. The van der Waals surface area contributed by atoms with Crippen LogP contribution < -0.4 is 0 Å². The summed E-state index contributed by atoms with van der Waals surface area (Å²) in [4.78, 5) is 16.5. The number of hydrogen-bond donors (Lipinski definition) is 0. The second-order valence-corrected chi connectivity index (χ2v) is 6.82. The highest BCUT2D eigenvalue weighted by Crippen LogP contribution is 2.35. The van der Waals surface area contributed by atoms with Gasteiger partial charge in [-0.15, -0.1) is 0 Å². The smallest absolute Gasteiger partial charge is 0.310 e. The van der Waals surface area contributed by atoms with E-state index >= 15 is 0 Å². The highest BCUT2D eigenvalue weighted by atomic mass is 79.9. The minimum Gasteiger partial charge on any atom is -0.469 e. The van der Waals surface area contributed by atoms with Crippen molar-refractivity contribution in [3.8, 4) is 11.1 Å². The van der Waals surface area contributed by atoms with E-state index in [2.05, 4.69) is 20.9 Å². The number of rotatable bonds is 3. The van der Waals surface area contributed by atoms with Gasteiger partial charge in [-0.1, -0.05) is 39.7 Å². The number of hydrogen-bond acceptors (Lipinski definition) is 3. The molecule has 122 valence electrons. The van der Waals surface area contributed by atoms with Gasteiger partial charge < -0.3 is 4.74 Å². The third-order valence-corrected chi connectivity index (χ3v) is 4.68. The van der Waals surface area contributed by atoms with E-state index in [0.29, 0.717) is 5.02 Å². The van der Waals surface area contributed by atoms with Crippen LogP contribution >= 0.6 is 27.5 Å². The van der Waals surface area contributed by atoms with Crippen LogP contribution in [0.2, 0.25) is 5.02 Å². The number of nitrogens with zero attached hydrogens (tertiary/aromatic N) is 1. The average molecular weight is 405 g/mol. The molecule has 0 aliphatic rings. The molecule has 24 heavy (non-hydrogen) atoms. The molecule has 1 aromatic heterocycles. The summed E-state index contributed by atoms with van der Waals surface area (Å²) in [6.45, 7) is 1.92. The van der Waals surface area contributed by atoms with Crippen LogP contribution in [-0.4, -0.2) is 18.1 Å². The SMILES string of the molecule is COC(=O)Cc1c(C)nc2ccc(Br)cc2c1-c1ccc(Cl)cc1. The lowest BCUT2D eigenvalue weighted by Crippen LogP contribution is -2.09. The van der Waals surface area contributed by atoms with Gasteiger partial charge in [0, 0.05) is 20.6 Å². The zero-order valence-corrected chi connectivity index (χ0v) is 15.6. The van der Waals surface area contributed by atoms with Gasteiger partial charge >= 0.3 is 5.97 Å². The van der Waals surface area contributed by atoms with E-state index < -0.39 is 0 Å². The molecule has 0 atom stereocenters. The van der Waals surface area contributed by atoms with E-state index in [4.69, 9.17) is 16.3 Å². The van der Waals surface area contributed by atoms with Crippen molar-refractivity contribution >= 4 is 44.4 Å². The Bertz CT molecular complexity index is 923. The Labute approximate surface area is 153 Å². The molecule has 0 aliphatic carbocycles. The predicted octanol–water partition coefficient (Wildman–Crippen LogP) is 5.34. The van der Waals surface area contributed by atoms with Gasteiger partial charge in [-0.05, 0) is 53.9 Å². The van der Waals surface area contributed by atoms with Crippen LogP contribution in [-0.2, 0) is 16.0 Å². The molecule has 0 saturated heterocycles. The molecule has 0 bridgehead atoms. The molecule has 0 unspecified atom stereocenters. The number of ether oxygens (including phenoxy) is 1. The fourth-order valence-electron chi connectivity index (χ4n) is 2.78.